The first kappa shape index (κ1) is 46.8. The maximum atomic E-state index is 12.6. The number of likely N-dealkylation sites (N-methyl/N-ethyl adjacent to an activating group) is 1. The highest BCUT2D eigenvalue weighted by atomic mass is 16.6. The Bertz CT molecular complexity index is 1050. The van der Waals surface area contributed by atoms with Gasteiger partial charge in [0, 0.05) is 19.3 Å². The molecule has 0 rings (SSSR count). The Balaban J connectivity index is 4.57. The summed E-state index contributed by atoms with van der Waals surface area (Å²) in [6.45, 7) is 4.46. The molecule has 0 aliphatic rings. The van der Waals surface area contributed by atoms with Crippen LogP contribution in [0.25, 0.3) is 0 Å². The van der Waals surface area contributed by atoms with Crippen LogP contribution >= 0.6 is 0 Å². The first-order valence-corrected chi connectivity index (χ1v) is 19.0. The number of carbonyl (C=O) groups is 3. The zero-order valence-corrected chi connectivity index (χ0v) is 32.1. The van der Waals surface area contributed by atoms with Crippen molar-refractivity contribution >= 4 is 17.9 Å². The molecule has 2 atom stereocenters. The van der Waals surface area contributed by atoms with Gasteiger partial charge in [0.1, 0.15) is 6.61 Å². The molecule has 0 heterocycles. The van der Waals surface area contributed by atoms with Crippen molar-refractivity contribution in [2.75, 3.05) is 41.0 Å². The van der Waals surface area contributed by atoms with Crippen LogP contribution in [0.15, 0.2) is 72.9 Å². The monoisotopic (exact) mass is 701 g/mol. The fourth-order valence-electron chi connectivity index (χ4n) is 4.89. The number of hydrogen-bond donors (Lipinski definition) is 1. The van der Waals surface area contributed by atoms with E-state index in [4.69, 9.17) is 14.2 Å². The summed E-state index contributed by atoms with van der Waals surface area (Å²) in [5, 5.41) is 9.57. The second kappa shape index (κ2) is 32.9. The molecule has 8 heteroatoms. The van der Waals surface area contributed by atoms with Gasteiger partial charge in [0.15, 0.2) is 12.1 Å². The molecular weight excluding hydrogens is 630 g/mol. The maximum Gasteiger partial charge on any atom is 0.362 e. The summed E-state index contributed by atoms with van der Waals surface area (Å²) in [7, 11) is 5.48. The Kier molecular flexibility index (Phi) is 30.8. The summed E-state index contributed by atoms with van der Waals surface area (Å²) in [6, 6.07) is -0.629. The minimum atomic E-state index is -0.892. The van der Waals surface area contributed by atoms with Crippen LogP contribution in [-0.4, -0.2) is 80.6 Å². The number of esters is 2. The quantitative estimate of drug-likeness (QED) is 0.0323. The summed E-state index contributed by atoms with van der Waals surface area (Å²) in [6.07, 6.45) is 39.7. The van der Waals surface area contributed by atoms with E-state index >= 15 is 0 Å². The molecule has 8 nitrogen and oxygen atoms in total. The molecule has 0 spiro atoms. The molecule has 0 aromatic rings. The molecule has 284 valence electrons. The molecule has 0 amide bonds. The first-order valence-electron chi connectivity index (χ1n) is 19.0. The molecule has 0 aliphatic carbocycles. The van der Waals surface area contributed by atoms with E-state index in [9.17, 15) is 19.5 Å². The van der Waals surface area contributed by atoms with Crippen molar-refractivity contribution < 1.29 is 38.2 Å². The molecular formula is C42H70NO7+. The van der Waals surface area contributed by atoms with Crippen molar-refractivity contribution in [3.05, 3.63) is 72.9 Å². The Morgan fingerprint density at radius 2 is 1.12 bits per heavy atom. The molecule has 0 aromatic heterocycles. The highest BCUT2D eigenvalue weighted by molar-refractivity contribution is 5.72. The van der Waals surface area contributed by atoms with Crippen molar-refractivity contribution in [3.63, 3.8) is 0 Å². The van der Waals surface area contributed by atoms with E-state index in [0.29, 0.717) is 25.7 Å². The van der Waals surface area contributed by atoms with Gasteiger partial charge in [0.25, 0.3) is 0 Å². The van der Waals surface area contributed by atoms with E-state index < -0.39 is 18.1 Å². The highest BCUT2D eigenvalue weighted by Crippen LogP contribution is 2.10. The normalized spacial score (nSPS) is 13.9. The van der Waals surface area contributed by atoms with E-state index in [1.165, 1.54) is 25.7 Å². The zero-order valence-electron chi connectivity index (χ0n) is 32.1. The lowest BCUT2D eigenvalue weighted by Crippen LogP contribution is -2.50. The van der Waals surface area contributed by atoms with Crippen molar-refractivity contribution in [1.82, 2.24) is 0 Å². The lowest BCUT2D eigenvalue weighted by molar-refractivity contribution is -0.887. The van der Waals surface area contributed by atoms with Crippen LogP contribution in [-0.2, 0) is 28.6 Å². The molecule has 50 heavy (non-hydrogen) atoms. The van der Waals surface area contributed by atoms with Gasteiger partial charge in [-0.15, -0.1) is 0 Å². The van der Waals surface area contributed by atoms with E-state index in [0.717, 1.165) is 51.4 Å². The lowest BCUT2D eigenvalue weighted by Gasteiger charge is -2.31. The van der Waals surface area contributed by atoms with Gasteiger partial charge >= 0.3 is 17.9 Å². The minimum Gasteiger partial charge on any atom is -0.477 e. The fraction of sp³-hybridized carbons (Fsp3) is 0.643. The maximum absolute atomic E-state index is 12.6. The molecule has 0 saturated heterocycles. The number of carboxylic acids is 1. The average Bonchev–Trinajstić information content (AvgIpc) is 3.06. The van der Waals surface area contributed by atoms with Gasteiger partial charge in [-0.2, -0.15) is 0 Å². The van der Waals surface area contributed by atoms with Gasteiger partial charge in [-0.25, -0.2) is 4.79 Å². The Hall–Kier alpha value is -3.23. The second-order valence-corrected chi connectivity index (χ2v) is 13.4. The van der Waals surface area contributed by atoms with Crippen LogP contribution in [0.1, 0.15) is 123 Å². The third-order valence-electron chi connectivity index (χ3n) is 7.84. The molecule has 0 bridgehead atoms. The summed E-state index contributed by atoms with van der Waals surface area (Å²) in [5.41, 5.74) is 0. The zero-order chi connectivity index (χ0) is 37.1. The average molecular weight is 701 g/mol. The van der Waals surface area contributed by atoms with Crippen LogP contribution in [0.4, 0.5) is 0 Å². The number of quaternary nitrogens is 1. The number of carbonyl (C=O) groups excluding carboxylic acids is 2. The number of unbranched alkanes of at least 4 members (excludes halogenated alkanes) is 6. The number of hydrogen-bond acceptors (Lipinski definition) is 6. The van der Waals surface area contributed by atoms with Crippen LogP contribution in [0.2, 0.25) is 0 Å². The van der Waals surface area contributed by atoms with Crippen LogP contribution in [0, 0.1) is 0 Å². The molecule has 0 fully saturated rings. The topological polar surface area (TPSA) is 99.1 Å². The van der Waals surface area contributed by atoms with Crippen molar-refractivity contribution in [2.45, 2.75) is 135 Å². The summed E-state index contributed by atoms with van der Waals surface area (Å²) >= 11 is 0. The second-order valence-electron chi connectivity index (χ2n) is 13.4. The third kappa shape index (κ3) is 30.8. The van der Waals surface area contributed by atoms with Gasteiger partial charge in [-0.05, 0) is 70.6 Å². The molecule has 1 N–H and O–H groups in total. The Labute approximate surface area is 304 Å². The van der Waals surface area contributed by atoms with Crippen LogP contribution < -0.4 is 0 Å². The number of ether oxygens (including phenoxy) is 3. The van der Waals surface area contributed by atoms with Gasteiger partial charge in [-0.1, -0.05) is 106 Å². The van der Waals surface area contributed by atoms with E-state index in [1.807, 2.05) is 21.1 Å². The van der Waals surface area contributed by atoms with E-state index in [-0.39, 0.29) is 42.7 Å². The molecule has 0 aromatic carbocycles. The van der Waals surface area contributed by atoms with E-state index in [1.54, 1.807) is 0 Å². The minimum absolute atomic E-state index is 0.0258. The number of allylic oxidation sites excluding steroid dienone is 12. The molecule has 0 aliphatic heterocycles. The smallest absolute Gasteiger partial charge is 0.362 e. The standard InChI is InChI=1S/C42H69NO7/c1-6-8-10-12-14-16-17-18-19-20-21-22-23-25-27-29-31-33-41(45)50-38(36-48-35-34-39(42(46)47)43(3,4)5)37-49-40(44)32-30-28-26-24-15-13-11-9-7-2/h8,10,14,16,18-19,21-22,24-27,38-39H,6-7,9,11-13,15,17,20,23,28-37H2,1-5H3/p+1/b10-8+,16-14+,19-18+,22-21+,26-24+,27-25+. The Morgan fingerprint density at radius 1 is 0.620 bits per heavy atom. The summed E-state index contributed by atoms with van der Waals surface area (Å²) in [5.74, 6) is -1.60. The first-order chi connectivity index (χ1) is 24.1. The SMILES string of the molecule is CC/C=C/C/C=C/C/C=C/C/C=C/C/C=C/CCCC(=O)OC(COCCC(C(=O)O)[N+](C)(C)C)COC(=O)CCC/C=C/CCCCCC. The van der Waals surface area contributed by atoms with Gasteiger partial charge in [0.2, 0.25) is 0 Å². The number of aliphatic carboxylic acids is 1. The number of carboxylic acid groups (broad SMARTS) is 1. The van der Waals surface area contributed by atoms with Crippen molar-refractivity contribution in [2.24, 2.45) is 0 Å². The summed E-state index contributed by atoms with van der Waals surface area (Å²) in [4.78, 5) is 36.7. The number of nitrogens with zero attached hydrogens (tertiary/aromatic N) is 1. The lowest BCUT2D eigenvalue weighted by atomic mass is 10.1. The summed E-state index contributed by atoms with van der Waals surface area (Å²) < 4.78 is 17.1. The molecule has 2 unspecified atom stereocenters. The van der Waals surface area contributed by atoms with Crippen LogP contribution in [0.5, 0.6) is 0 Å². The van der Waals surface area contributed by atoms with Crippen molar-refractivity contribution in [3.8, 4) is 0 Å². The Morgan fingerprint density at radius 3 is 1.64 bits per heavy atom. The number of rotatable bonds is 32. The van der Waals surface area contributed by atoms with Gasteiger partial charge in [0.05, 0.1) is 34.4 Å². The fourth-order valence-corrected chi connectivity index (χ4v) is 4.89. The highest BCUT2D eigenvalue weighted by Gasteiger charge is 2.31. The van der Waals surface area contributed by atoms with Gasteiger partial charge in [-0.3, -0.25) is 9.59 Å². The predicted molar refractivity (Wildman–Crippen MR) is 206 cm³/mol. The molecule has 0 saturated carbocycles. The third-order valence-corrected chi connectivity index (χ3v) is 7.84. The largest absolute Gasteiger partial charge is 0.477 e. The predicted octanol–water partition coefficient (Wildman–Crippen LogP) is 9.63. The van der Waals surface area contributed by atoms with Crippen molar-refractivity contribution in [1.29, 1.82) is 0 Å². The van der Waals surface area contributed by atoms with Crippen LogP contribution in [0.3, 0.4) is 0 Å². The van der Waals surface area contributed by atoms with Gasteiger partial charge < -0.3 is 23.8 Å². The van der Waals surface area contributed by atoms with E-state index in [2.05, 4.69) is 86.8 Å². The molecule has 0 radical (unpaired) electrons.